The second-order valence-corrected chi connectivity index (χ2v) is 9.53. The van der Waals surface area contributed by atoms with Crippen LogP contribution in [-0.2, 0) is 0 Å². The second kappa shape index (κ2) is 8.74. The van der Waals surface area contributed by atoms with Crippen molar-refractivity contribution >= 4 is 49.9 Å². The summed E-state index contributed by atoms with van der Waals surface area (Å²) in [5, 5.41) is 8.01. The molecule has 0 aliphatic heterocycles. The highest BCUT2D eigenvalue weighted by Crippen LogP contribution is 2.29. The minimum Gasteiger partial charge on any atom is -0.377 e. The Kier molecular flexibility index (Phi) is 5.66. The van der Waals surface area contributed by atoms with Gasteiger partial charge in [-0.1, -0.05) is 18.2 Å². The number of anilines is 2. The largest absolute Gasteiger partial charge is 0.377 e. The number of hydrogen-bond acceptors (Lipinski definition) is 6. The molecule has 2 N–H and O–H groups in total. The van der Waals surface area contributed by atoms with Crippen LogP contribution in [0.4, 0.5) is 11.5 Å². The summed E-state index contributed by atoms with van der Waals surface area (Å²) >= 11 is 1.56. The summed E-state index contributed by atoms with van der Waals surface area (Å²) < 4.78 is 1.05. The van der Waals surface area contributed by atoms with E-state index in [-0.39, 0.29) is 11.9 Å². The van der Waals surface area contributed by atoms with Crippen LogP contribution < -0.4 is 15.5 Å². The number of amides is 1. The Balaban J connectivity index is 1.21. The Morgan fingerprint density at radius 2 is 1.78 bits per heavy atom. The second-order valence-electron chi connectivity index (χ2n) is 8.64. The maximum absolute atomic E-state index is 12.7. The molecule has 2 aromatic carbocycles. The molecule has 2 heterocycles. The molecule has 0 atom stereocenters. The number of carbonyl (C=O) groups excluding carboxylic acids is 1. The Morgan fingerprint density at radius 1 is 1.00 bits per heavy atom. The van der Waals surface area contributed by atoms with E-state index >= 15 is 0 Å². The van der Waals surface area contributed by atoms with Gasteiger partial charge in [-0.3, -0.25) is 4.79 Å². The predicted octanol–water partition coefficient (Wildman–Crippen LogP) is 5.06. The van der Waals surface area contributed by atoms with Crippen molar-refractivity contribution in [2.45, 2.75) is 37.8 Å². The number of hydrogen-bond donors (Lipinski definition) is 2. The molecule has 164 valence electrons. The number of nitrogens with one attached hydrogen (secondary N) is 2. The minimum atomic E-state index is 0.00327. The maximum atomic E-state index is 12.7. The third kappa shape index (κ3) is 4.25. The maximum Gasteiger partial charge on any atom is 0.251 e. The molecule has 0 unspecified atom stereocenters. The molecule has 0 saturated heterocycles. The van der Waals surface area contributed by atoms with Gasteiger partial charge in [0.1, 0.15) is 5.82 Å². The summed E-state index contributed by atoms with van der Waals surface area (Å²) in [6.07, 6.45) is 3.93. The number of nitrogens with zero attached hydrogens (tertiary/aromatic N) is 3. The lowest BCUT2D eigenvalue weighted by Gasteiger charge is -2.30. The van der Waals surface area contributed by atoms with Crippen LogP contribution in [0, 0.1) is 0 Å². The van der Waals surface area contributed by atoms with Crippen LogP contribution >= 0.6 is 11.3 Å². The fourth-order valence-corrected chi connectivity index (χ4v) is 5.17. The van der Waals surface area contributed by atoms with Gasteiger partial charge in [0.2, 0.25) is 0 Å². The number of aromatic nitrogens is 2. The third-order valence-electron chi connectivity index (χ3n) is 6.18. The molecule has 2 aromatic heterocycles. The fourth-order valence-electron chi connectivity index (χ4n) is 4.46. The first-order valence-electron chi connectivity index (χ1n) is 11.0. The number of carbonyl (C=O) groups is 1. The van der Waals surface area contributed by atoms with Gasteiger partial charge >= 0.3 is 0 Å². The molecule has 1 aliphatic rings. The molecule has 1 amide bonds. The van der Waals surface area contributed by atoms with Gasteiger partial charge in [-0.25, -0.2) is 9.97 Å². The molecule has 1 fully saturated rings. The quantitative estimate of drug-likeness (QED) is 0.449. The zero-order chi connectivity index (χ0) is 22.1. The van der Waals surface area contributed by atoms with Gasteiger partial charge in [-0.2, -0.15) is 0 Å². The molecular weight excluding hydrogens is 418 g/mol. The summed E-state index contributed by atoms with van der Waals surface area (Å²) in [6.45, 7) is 0. The molecule has 4 aromatic rings. The van der Waals surface area contributed by atoms with Crippen molar-refractivity contribution in [1.29, 1.82) is 0 Å². The van der Waals surface area contributed by atoms with Gasteiger partial charge < -0.3 is 15.5 Å². The van der Waals surface area contributed by atoms with E-state index in [1.54, 1.807) is 11.3 Å². The van der Waals surface area contributed by atoms with Crippen molar-refractivity contribution < 1.29 is 4.79 Å². The van der Waals surface area contributed by atoms with Crippen molar-refractivity contribution in [3.05, 3.63) is 59.6 Å². The highest BCUT2D eigenvalue weighted by atomic mass is 32.1. The van der Waals surface area contributed by atoms with Crippen molar-refractivity contribution in [2.75, 3.05) is 24.3 Å². The average Bonchev–Trinajstić information content (AvgIpc) is 3.27. The summed E-state index contributed by atoms with van der Waals surface area (Å²) in [5.41, 5.74) is 5.63. The van der Waals surface area contributed by atoms with E-state index < -0.39 is 0 Å². The number of benzene rings is 2. The molecule has 5 rings (SSSR count). The molecule has 1 saturated carbocycles. The molecule has 1 aliphatic carbocycles. The lowest BCUT2D eigenvalue weighted by molar-refractivity contribution is 0.0926. The van der Waals surface area contributed by atoms with Gasteiger partial charge in [0.15, 0.2) is 0 Å². The Bertz CT molecular complexity index is 1260. The Hall–Kier alpha value is -3.19. The van der Waals surface area contributed by atoms with E-state index in [9.17, 15) is 4.79 Å². The number of thiazole rings is 1. The normalized spacial score (nSPS) is 18.6. The minimum absolute atomic E-state index is 0.00327. The molecule has 6 nitrogen and oxygen atoms in total. The average molecular weight is 446 g/mol. The Labute approximate surface area is 191 Å². The van der Waals surface area contributed by atoms with E-state index in [2.05, 4.69) is 58.9 Å². The van der Waals surface area contributed by atoms with E-state index in [4.69, 9.17) is 4.98 Å². The zero-order valence-electron chi connectivity index (χ0n) is 18.3. The summed E-state index contributed by atoms with van der Waals surface area (Å²) in [4.78, 5) is 24.0. The molecule has 32 heavy (non-hydrogen) atoms. The number of pyridine rings is 1. The van der Waals surface area contributed by atoms with Crippen LogP contribution in [0.3, 0.4) is 0 Å². The van der Waals surface area contributed by atoms with Crippen molar-refractivity contribution in [2.24, 2.45) is 0 Å². The lowest BCUT2D eigenvalue weighted by atomic mass is 9.91. The first kappa shape index (κ1) is 20.7. The SMILES string of the molecule is CN(C)c1cc(NC2CCC(NC(=O)c3ccc4ncsc4c3)CC2)nc2ccccc12. The lowest BCUT2D eigenvalue weighted by Crippen LogP contribution is -2.40. The highest BCUT2D eigenvalue weighted by molar-refractivity contribution is 7.16. The van der Waals surface area contributed by atoms with Crippen LogP contribution in [0.25, 0.3) is 21.1 Å². The van der Waals surface area contributed by atoms with Gasteiger partial charge in [0.05, 0.1) is 21.2 Å². The predicted molar refractivity (Wildman–Crippen MR) is 133 cm³/mol. The molecular formula is C25H27N5OS. The van der Waals surface area contributed by atoms with Crippen LogP contribution in [0.5, 0.6) is 0 Å². The summed E-state index contributed by atoms with van der Waals surface area (Å²) in [7, 11) is 4.12. The van der Waals surface area contributed by atoms with Gasteiger partial charge in [-0.05, 0) is 49.9 Å². The molecule has 0 bridgehead atoms. The van der Waals surface area contributed by atoms with E-state index in [1.165, 1.54) is 0 Å². The standard InChI is InChI=1S/C25H27N5OS/c1-30(2)22-14-24(29-20-6-4-3-5-19(20)22)27-17-8-10-18(11-9-17)28-25(31)16-7-12-21-23(13-16)32-15-26-21/h3-7,12-15,17-18H,8-11H2,1-2H3,(H,27,29)(H,28,31). The number of fused-ring (bicyclic) bond motifs is 2. The molecule has 0 radical (unpaired) electrons. The highest BCUT2D eigenvalue weighted by Gasteiger charge is 2.23. The third-order valence-corrected chi connectivity index (χ3v) is 6.98. The van der Waals surface area contributed by atoms with Crippen molar-refractivity contribution in [3.8, 4) is 0 Å². The summed E-state index contributed by atoms with van der Waals surface area (Å²) in [5.74, 6) is 0.918. The zero-order valence-corrected chi connectivity index (χ0v) is 19.2. The van der Waals surface area contributed by atoms with Crippen molar-refractivity contribution in [3.63, 3.8) is 0 Å². The number of rotatable bonds is 5. The monoisotopic (exact) mass is 445 g/mol. The van der Waals surface area contributed by atoms with E-state index in [1.807, 2.05) is 29.8 Å². The van der Waals surface area contributed by atoms with E-state index in [0.29, 0.717) is 11.6 Å². The number of para-hydroxylation sites is 1. The first-order chi connectivity index (χ1) is 15.6. The molecule has 7 heteroatoms. The fraction of sp³-hybridized carbons (Fsp3) is 0.320. The van der Waals surface area contributed by atoms with Crippen LogP contribution in [0.15, 0.2) is 54.0 Å². The first-order valence-corrected chi connectivity index (χ1v) is 11.9. The van der Waals surface area contributed by atoms with Gasteiger partial charge in [0.25, 0.3) is 5.91 Å². The van der Waals surface area contributed by atoms with E-state index in [0.717, 1.165) is 58.3 Å². The van der Waals surface area contributed by atoms with Crippen LogP contribution in [0.1, 0.15) is 36.0 Å². The van der Waals surface area contributed by atoms with Crippen LogP contribution in [-0.4, -0.2) is 42.1 Å². The summed E-state index contributed by atoms with van der Waals surface area (Å²) in [6, 6.07) is 16.7. The van der Waals surface area contributed by atoms with Gasteiger partial charge in [-0.15, -0.1) is 11.3 Å². The smallest absolute Gasteiger partial charge is 0.251 e. The topological polar surface area (TPSA) is 70.2 Å². The van der Waals surface area contributed by atoms with Gasteiger partial charge in [0, 0.05) is 48.9 Å². The van der Waals surface area contributed by atoms with Crippen LogP contribution in [0.2, 0.25) is 0 Å². The van der Waals surface area contributed by atoms with Crippen molar-refractivity contribution in [1.82, 2.24) is 15.3 Å². The Morgan fingerprint density at radius 3 is 2.59 bits per heavy atom. The molecule has 0 spiro atoms.